The van der Waals surface area contributed by atoms with Gasteiger partial charge in [-0.1, -0.05) is 12.1 Å². The second-order valence-corrected chi connectivity index (χ2v) is 4.68. The van der Waals surface area contributed by atoms with Crippen LogP contribution in [0.5, 0.6) is 0 Å². The number of benzene rings is 1. The number of anilines is 1. The lowest BCUT2D eigenvalue weighted by Gasteiger charge is -2.18. The number of rotatable bonds is 3. The molecular formula is C13H16N4O. The quantitative estimate of drug-likeness (QED) is 0.893. The van der Waals surface area contributed by atoms with E-state index in [1.54, 1.807) is 0 Å². The van der Waals surface area contributed by atoms with Crippen molar-refractivity contribution in [3.63, 3.8) is 0 Å². The molecule has 5 nitrogen and oxygen atoms in total. The van der Waals surface area contributed by atoms with Crippen LogP contribution in [-0.4, -0.2) is 34.4 Å². The first kappa shape index (κ1) is 11.3. The summed E-state index contributed by atoms with van der Waals surface area (Å²) >= 11 is 0. The van der Waals surface area contributed by atoms with Crippen LogP contribution in [0.4, 0.5) is 5.95 Å². The molecule has 1 aliphatic heterocycles. The van der Waals surface area contributed by atoms with E-state index in [1.807, 2.05) is 24.3 Å². The normalized spacial score (nSPS) is 21.1. The number of hydrogen-bond acceptors (Lipinski definition) is 5. The summed E-state index contributed by atoms with van der Waals surface area (Å²) in [5.74, 6) is 1.12. The van der Waals surface area contributed by atoms with Crippen molar-refractivity contribution in [2.24, 2.45) is 5.92 Å². The molecular weight excluding hydrogens is 228 g/mol. The van der Waals surface area contributed by atoms with Crippen LogP contribution in [0.15, 0.2) is 24.3 Å². The fraction of sp³-hybridized carbons (Fsp3) is 0.462. The summed E-state index contributed by atoms with van der Waals surface area (Å²) in [6.45, 7) is 3.81. The molecule has 5 heteroatoms. The van der Waals surface area contributed by atoms with Gasteiger partial charge < -0.3 is 10.1 Å². The predicted octanol–water partition coefficient (Wildman–Crippen LogP) is 1.86. The summed E-state index contributed by atoms with van der Waals surface area (Å²) in [6, 6.07) is 8.04. The molecule has 0 radical (unpaired) electrons. The number of para-hydroxylation sites is 1. The number of nitrogens with zero attached hydrogens (tertiary/aromatic N) is 3. The van der Waals surface area contributed by atoms with Crippen molar-refractivity contribution in [2.75, 3.05) is 18.5 Å². The van der Waals surface area contributed by atoms with Crippen molar-refractivity contribution in [2.45, 2.75) is 19.4 Å². The van der Waals surface area contributed by atoms with Gasteiger partial charge >= 0.3 is 0 Å². The number of fused-ring (bicyclic) bond motifs is 1. The van der Waals surface area contributed by atoms with E-state index < -0.39 is 0 Å². The molecule has 1 fully saturated rings. The molecule has 1 aromatic carbocycles. The van der Waals surface area contributed by atoms with Gasteiger partial charge in [0, 0.05) is 18.6 Å². The molecule has 2 unspecified atom stereocenters. The van der Waals surface area contributed by atoms with E-state index in [9.17, 15) is 0 Å². The maximum atomic E-state index is 5.39. The maximum absolute atomic E-state index is 5.39. The molecule has 1 saturated heterocycles. The molecule has 2 heterocycles. The molecule has 0 amide bonds. The molecule has 2 atom stereocenters. The second kappa shape index (κ2) is 4.86. The van der Waals surface area contributed by atoms with Crippen LogP contribution in [-0.2, 0) is 4.74 Å². The van der Waals surface area contributed by atoms with E-state index in [1.165, 1.54) is 0 Å². The Balaban J connectivity index is 1.77. The third-order valence-corrected chi connectivity index (χ3v) is 3.39. The Labute approximate surface area is 106 Å². The third-order valence-electron chi connectivity index (χ3n) is 3.39. The van der Waals surface area contributed by atoms with Crippen LogP contribution in [0.2, 0.25) is 0 Å². The van der Waals surface area contributed by atoms with Crippen molar-refractivity contribution in [3.05, 3.63) is 24.3 Å². The van der Waals surface area contributed by atoms with Gasteiger partial charge in [0.25, 0.3) is 0 Å². The van der Waals surface area contributed by atoms with Gasteiger partial charge in [0.05, 0.1) is 12.1 Å². The molecule has 1 aliphatic rings. The zero-order chi connectivity index (χ0) is 12.4. The first-order valence-electron chi connectivity index (χ1n) is 6.26. The topological polar surface area (TPSA) is 59.9 Å². The van der Waals surface area contributed by atoms with Crippen molar-refractivity contribution in [1.82, 2.24) is 15.2 Å². The van der Waals surface area contributed by atoms with E-state index in [0.717, 1.165) is 30.7 Å². The molecule has 0 saturated carbocycles. The van der Waals surface area contributed by atoms with Gasteiger partial charge in [0.1, 0.15) is 5.52 Å². The Bertz CT molecular complexity index is 539. The monoisotopic (exact) mass is 244 g/mol. The summed E-state index contributed by atoms with van der Waals surface area (Å²) < 4.78 is 5.39. The molecule has 1 aromatic heterocycles. The SMILES string of the molecule is CC(Nc1nnc2ccccc2n1)C1CCOC1. The molecule has 2 aromatic rings. The van der Waals surface area contributed by atoms with Crippen molar-refractivity contribution in [3.8, 4) is 0 Å². The molecule has 18 heavy (non-hydrogen) atoms. The molecule has 0 aliphatic carbocycles. The maximum Gasteiger partial charge on any atom is 0.243 e. The van der Waals surface area contributed by atoms with E-state index >= 15 is 0 Å². The van der Waals surface area contributed by atoms with Gasteiger partial charge in [0.15, 0.2) is 0 Å². The van der Waals surface area contributed by atoms with Crippen molar-refractivity contribution < 1.29 is 4.74 Å². The molecule has 0 bridgehead atoms. The van der Waals surface area contributed by atoms with Gasteiger partial charge in [0.2, 0.25) is 5.95 Å². The Morgan fingerprint density at radius 2 is 2.11 bits per heavy atom. The van der Waals surface area contributed by atoms with E-state index in [-0.39, 0.29) is 0 Å². The standard InChI is InChI=1S/C13H16N4O/c1-9(10-6-7-18-8-10)14-13-15-11-4-2-3-5-12(11)16-17-13/h2-5,9-10H,6-8H2,1H3,(H,14,15,17). The summed E-state index contributed by atoms with van der Waals surface area (Å²) in [5.41, 5.74) is 1.68. The molecule has 0 spiro atoms. The minimum absolute atomic E-state index is 0.301. The van der Waals surface area contributed by atoms with Gasteiger partial charge in [-0.3, -0.25) is 0 Å². The zero-order valence-electron chi connectivity index (χ0n) is 10.3. The van der Waals surface area contributed by atoms with Crippen LogP contribution in [0.3, 0.4) is 0 Å². The number of ether oxygens (including phenoxy) is 1. The third kappa shape index (κ3) is 2.26. The largest absolute Gasteiger partial charge is 0.381 e. The van der Waals surface area contributed by atoms with Gasteiger partial charge in [-0.05, 0) is 25.5 Å². The van der Waals surface area contributed by atoms with E-state index in [0.29, 0.717) is 17.9 Å². The lowest BCUT2D eigenvalue weighted by atomic mass is 10.0. The summed E-state index contributed by atoms with van der Waals surface area (Å²) in [7, 11) is 0. The number of hydrogen-bond donors (Lipinski definition) is 1. The molecule has 3 rings (SSSR count). The minimum atomic E-state index is 0.301. The van der Waals surface area contributed by atoms with Crippen LogP contribution >= 0.6 is 0 Å². The first-order chi connectivity index (χ1) is 8.83. The second-order valence-electron chi connectivity index (χ2n) is 4.68. The number of nitrogens with one attached hydrogen (secondary N) is 1. The highest BCUT2D eigenvalue weighted by atomic mass is 16.5. The van der Waals surface area contributed by atoms with Gasteiger partial charge in [-0.25, -0.2) is 4.98 Å². The summed E-state index contributed by atoms with van der Waals surface area (Å²) in [5, 5.41) is 11.6. The van der Waals surface area contributed by atoms with Gasteiger partial charge in [-0.2, -0.15) is 0 Å². The number of aromatic nitrogens is 3. The first-order valence-corrected chi connectivity index (χ1v) is 6.26. The van der Waals surface area contributed by atoms with Crippen LogP contribution in [0, 0.1) is 5.92 Å². The Hall–Kier alpha value is -1.75. The highest BCUT2D eigenvalue weighted by molar-refractivity contribution is 5.74. The predicted molar refractivity (Wildman–Crippen MR) is 69.3 cm³/mol. The Kier molecular flexibility index (Phi) is 3.06. The minimum Gasteiger partial charge on any atom is -0.381 e. The van der Waals surface area contributed by atoms with Crippen LogP contribution in [0.25, 0.3) is 11.0 Å². The summed E-state index contributed by atoms with van der Waals surface area (Å²) in [6.07, 6.45) is 1.09. The highest BCUT2D eigenvalue weighted by Crippen LogP contribution is 2.19. The van der Waals surface area contributed by atoms with Crippen molar-refractivity contribution in [1.29, 1.82) is 0 Å². The zero-order valence-corrected chi connectivity index (χ0v) is 10.3. The van der Waals surface area contributed by atoms with Crippen LogP contribution in [0.1, 0.15) is 13.3 Å². The Morgan fingerprint density at radius 1 is 1.28 bits per heavy atom. The lowest BCUT2D eigenvalue weighted by molar-refractivity contribution is 0.183. The average molecular weight is 244 g/mol. The van der Waals surface area contributed by atoms with E-state index in [2.05, 4.69) is 27.4 Å². The lowest BCUT2D eigenvalue weighted by Crippen LogP contribution is -2.27. The van der Waals surface area contributed by atoms with Crippen molar-refractivity contribution >= 4 is 17.0 Å². The van der Waals surface area contributed by atoms with E-state index in [4.69, 9.17) is 4.74 Å². The fourth-order valence-corrected chi connectivity index (χ4v) is 2.21. The fourth-order valence-electron chi connectivity index (χ4n) is 2.21. The summed E-state index contributed by atoms with van der Waals surface area (Å²) in [4.78, 5) is 4.46. The smallest absolute Gasteiger partial charge is 0.243 e. The Morgan fingerprint density at radius 3 is 2.89 bits per heavy atom. The van der Waals surface area contributed by atoms with Crippen LogP contribution < -0.4 is 5.32 Å². The average Bonchev–Trinajstić information content (AvgIpc) is 2.92. The highest BCUT2D eigenvalue weighted by Gasteiger charge is 2.22. The van der Waals surface area contributed by atoms with Gasteiger partial charge in [-0.15, -0.1) is 10.2 Å². The molecule has 94 valence electrons. The molecule has 1 N–H and O–H groups in total.